The third-order valence-electron chi connectivity index (χ3n) is 2.08. The van der Waals surface area contributed by atoms with E-state index in [9.17, 15) is 4.79 Å². The quantitative estimate of drug-likeness (QED) is 0.563. The van der Waals surface area contributed by atoms with Gasteiger partial charge in [-0.1, -0.05) is 0 Å². The molecule has 0 bridgehead atoms. The lowest BCUT2D eigenvalue weighted by atomic mass is 10.3. The lowest BCUT2D eigenvalue weighted by Gasteiger charge is -2.29. The monoisotopic (exact) mass is 209 g/mol. The second-order valence-electron chi connectivity index (χ2n) is 3.01. The van der Waals surface area contributed by atoms with Crippen LogP contribution in [0.15, 0.2) is 29.2 Å². The van der Waals surface area contributed by atoms with Crippen molar-refractivity contribution in [1.82, 2.24) is 5.06 Å². The average Bonchev–Trinajstić information content (AvgIpc) is 2.24. The van der Waals surface area contributed by atoms with Gasteiger partial charge >= 0.3 is 0 Å². The van der Waals surface area contributed by atoms with Crippen molar-refractivity contribution >= 4 is 17.7 Å². The zero-order valence-electron chi connectivity index (χ0n) is 7.90. The van der Waals surface area contributed by atoms with Crippen molar-refractivity contribution in [3.8, 4) is 5.75 Å². The molecule has 14 heavy (non-hydrogen) atoms. The first-order valence-corrected chi connectivity index (χ1v) is 5.64. The van der Waals surface area contributed by atoms with Crippen LogP contribution in [0, 0.1) is 0 Å². The number of thioether (sulfide) groups is 1. The van der Waals surface area contributed by atoms with E-state index in [0.717, 1.165) is 5.75 Å². The molecule has 0 spiro atoms. The molecule has 0 atom stereocenters. The molecule has 0 aliphatic carbocycles. The van der Waals surface area contributed by atoms with Crippen LogP contribution in [0.4, 0.5) is 0 Å². The van der Waals surface area contributed by atoms with Crippen LogP contribution in [-0.4, -0.2) is 23.8 Å². The number of nitrogens with zero attached hydrogens (tertiary/aromatic N) is 1. The molecule has 1 aliphatic rings. The average molecular weight is 209 g/mol. The Morgan fingerprint density at radius 1 is 1.36 bits per heavy atom. The minimum Gasteiger partial charge on any atom is -0.377 e. The van der Waals surface area contributed by atoms with Crippen molar-refractivity contribution in [1.29, 1.82) is 0 Å². The zero-order valence-corrected chi connectivity index (χ0v) is 8.71. The number of hydrogen-bond donors (Lipinski definition) is 0. The maximum Gasteiger partial charge on any atom is 0.257 e. The highest BCUT2D eigenvalue weighted by Crippen LogP contribution is 2.21. The normalized spacial score (nSPS) is 15.2. The first-order chi connectivity index (χ1) is 6.79. The molecular formula is C10H11NO2S. The van der Waals surface area contributed by atoms with E-state index in [2.05, 4.69) is 0 Å². The van der Waals surface area contributed by atoms with Crippen LogP contribution in [0.5, 0.6) is 5.75 Å². The summed E-state index contributed by atoms with van der Waals surface area (Å²) in [6.45, 7) is 0.698. The Balaban J connectivity index is 1.99. The van der Waals surface area contributed by atoms with E-state index in [1.165, 1.54) is 9.96 Å². The second-order valence-corrected chi connectivity index (χ2v) is 3.89. The van der Waals surface area contributed by atoms with Gasteiger partial charge in [0, 0.05) is 4.90 Å². The molecule has 74 valence electrons. The molecule has 0 saturated carbocycles. The molecule has 0 aromatic heterocycles. The number of carbonyl (C=O) groups is 1. The molecule has 0 radical (unpaired) electrons. The predicted octanol–water partition coefficient (Wildman–Crippen LogP) is 1.93. The van der Waals surface area contributed by atoms with Gasteiger partial charge in [0.1, 0.15) is 0 Å². The Kier molecular flexibility index (Phi) is 2.63. The van der Waals surface area contributed by atoms with Gasteiger partial charge < -0.3 is 4.84 Å². The second kappa shape index (κ2) is 3.92. The predicted molar refractivity (Wildman–Crippen MR) is 55.2 cm³/mol. The molecule has 4 heteroatoms. The smallest absolute Gasteiger partial charge is 0.257 e. The Bertz CT molecular complexity index is 336. The molecule has 0 N–H and O–H groups in total. The topological polar surface area (TPSA) is 29.5 Å². The SMILES string of the molecule is CSc1ccc(ON2CCC2=O)cc1. The minimum absolute atomic E-state index is 0.0546. The summed E-state index contributed by atoms with van der Waals surface area (Å²) < 4.78 is 0. The highest BCUT2D eigenvalue weighted by molar-refractivity contribution is 7.98. The molecule has 0 unspecified atom stereocenters. The third kappa shape index (κ3) is 1.85. The van der Waals surface area contributed by atoms with E-state index in [4.69, 9.17) is 4.84 Å². The van der Waals surface area contributed by atoms with Crippen LogP contribution in [-0.2, 0) is 4.79 Å². The number of hydrogen-bond acceptors (Lipinski definition) is 3. The highest BCUT2D eigenvalue weighted by atomic mass is 32.2. The van der Waals surface area contributed by atoms with Gasteiger partial charge in [-0.15, -0.1) is 11.8 Å². The number of carbonyl (C=O) groups excluding carboxylic acids is 1. The molecule has 3 nitrogen and oxygen atoms in total. The Labute approximate surface area is 87.0 Å². The number of hydroxylamine groups is 2. The number of β-lactam (4-membered cyclic amide) rings is 1. The summed E-state index contributed by atoms with van der Waals surface area (Å²) in [5.74, 6) is 0.773. The van der Waals surface area contributed by atoms with Gasteiger partial charge in [0.05, 0.1) is 13.0 Å². The van der Waals surface area contributed by atoms with Crippen LogP contribution in [0.1, 0.15) is 6.42 Å². The first-order valence-electron chi connectivity index (χ1n) is 4.42. The first kappa shape index (κ1) is 9.40. The van der Waals surface area contributed by atoms with E-state index >= 15 is 0 Å². The van der Waals surface area contributed by atoms with Crippen LogP contribution in [0.25, 0.3) is 0 Å². The molecule has 1 aromatic rings. The third-order valence-corrected chi connectivity index (χ3v) is 2.83. The summed E-state index contributed by atoms with van der Waals surface area (Å²) in [6.07, 6.45) is 2.62. The number of benzene rings is 1. The fourth-order valence-corrected chi connectivity index (χ4v) is 1.56. The Morgan fingerprint density at radius 3 is 2.50 bits per heavy atom. The van der Waals surface area contributed by atoms with Gasteiger partial charge in [-0.2, -0.15) is 5.06 Å². The van der Waals surface area contributed by atoms with E-state index in [-0.39, 0.29) is 5.91 Å². The van der Waals surface area contributed by atoms with E-state index in [0.29, 0.717) is 13.0 Å². The summed E-state index contributed by atoms with van der Waals surface area (Å²) in [5.41, 5.74) is 0. The lowest BCUT2D eigenvalue weighted by molar-refractivity contribution is -0.174. The standard InChI is InChI=1S/C10H11NO2S/c1-14-9-4-2-8(3-5-9)13-11-7-6-10(11)12/h2-5H,6-7H2,1H3. The van der Waals surface area contributed by atoms with Crippen molar-refractivity contribution < 1.29 is 9.63 Å². The van der Waals surface area contributed by atoms with E-state index < -0.39 is 0 Å². The highest BCUT2D eigenvalue weighted by Gasteiger charge is 2.25. The summed E-state index contributed by atoms with van der Waals surface area (Å²) in [4.78, 5) is 17.5. The van der Waals surface area contributed by atoms with Crippen LogP contribution in [0.3, 0.4) is 0 Å². The molecule has 1 aliphatic heterocycles. The van der Waals surface area contributed by atoms with Gasteiger partial charge in [-0.05, 0) is 30.5 Å². The summed E-state index contributed by atoms with van der Waals surface area (Å²) in [5, 5.41) is 1.38. The fourth-order valence-electron chi connectivity index (χ4n) is 1.15. The van der Waals surface area contributed by atoms with Crippen LogP contribution < -0.4 is 4.84 Å². The molecule has 1 amide bonds. The molecule has 1 saturated heterocycles. The van der Waals surface area contributed by atoms with Crippen molar-refractivity contribution in [2.75, 3.05) is 12.8 Å². The Hall–Kier alpha value is -1.16. The van der Waals surface area contributed by atoms with Gasteiger partial charge in [-0.3, -0.25) is 4.79 Å². The lowest BCUT2D eigenvalue weighted by Crippen LogP contribution is -2.45. The fraction of sp³-hybridized carbons (Fsp3) is 0.300. The summed E-state index contributed by atoms with van der Waals surface area (Å²) in [7, 11) is 0. The van der Waals surface area contributed by atoms with Crippen molar-refractivity contribution in [3.63, 3.8) is 0 Å². The van der Waals surface area contributed by atoms with Crippen molar-refractivity contribution in [2.24, 2.45) is 0 Å². The zero-order chi connectivity index (χ0) is 9.97. The number of amides is 1. The molecule has 1 heterocycles. The molecular weight excluding hydrogens is 198 g/mol. The van der Waals surface area contributed by atoms with Crippen molar-refractivity contribution in [2.45, 2.75) is 11.3 Å². The van der Waals surface area contributed by atoms with Gasteiger partial charge in [0.15, 0.2) is 5.75 Å². The maximum atomic E-state index is 11.0. The number of rotatable bonds is 3. The van der Waals surface area contributed by atoms with Crippen molar-refractivity contribution in [3.05, 3.63) is 24.3 Å². The van der Waals surface area contributed by atoms with Gasteiger partial charge in [0.25, 0.3) is 5.91 Å². The van der Waals surface area contributed by atoms with Crippen LogP contribution in [0.2, 0.25) is 0 Å². The van der Waals surface area contributed by atoms with E-state index in [1.807, 2.05) is 30.5 Å². The van der Waals surface area contributed by atoms with Crippen LogP contribution >= 0.6 is 11.8 Å². The molecule has 1 aromatic carbocycles. The van der Waals surface area contributed by atoms with Gasteiger partial charge in [0.2, 0.25) is 0 Å². The minimum atomic E-state index is 0.0546. The molecule has 1 fully saturated rings. The largest absolute Gasteiger partial charge is 0.377 e. The van der Waals surface area contributed by atoms with Gasteiger partial charge in [-0.25, -0.2) is 0 Å². The Morgan fingerprint density at radius 2 is 2.07 bits per heavy atom. The summed E-state index contributed by atoms with van der Waals surface area (Å²) >= 11 is 1.68. The van der Waals surface area contributed by atoms with E-state index in [1.54, 1.807) is 11.8 Å². The maximum absolute atomic E-state index is 11.0. The molecule has 2 rings (SSSR count). The summed E-state index contributed by atoms with van der Waals surface area (Å²) in [6, 6.07) is 7.70.